The van der Waals surface area contributed by atoms with Crippen molar-refractivity contribution in [3.05, 3.63) is 35.3 Å². The molecule has 0 amide bonds. The van der Waals surface area contributed by atoms with Crippen molar-refractivity contribution in [3.8, 4) is 0 Å². The van der Waals surface area contributed by atoms with E-state index >= 15 is 0 Å². The molecule has 0 saturated carbocycles. The van der Waals surface area contributed by atoms with Gasteiger partial charge in [0.2, 0.25) is 0 Å². The lowest BCUT2D eigenvalue weighted by Gasteiger charge is -2.34. The first-order valence-corrected chi connectivity index (χ1v) is 7.01. The van der Waals surface area contributed by atoms with E-state index in [0.717, 1.165) is 41.0 Å². The van der Waals surface area contributed by atoms with Crippen LogP contribution in [-0.4, -0.2) is 10.6 Å². The summed E-state index contributed by atoms with van der Waals surface area (Å²) in [5, 5.41) is 24.7. The van der Waals surface area contributed by atoms with Crippen LogP contribution in [0.25, 0.3) is 0 Å². The third-order valence-corrected chi connectivity index (χ3v) is 3.24. The molecule has 4 heteroatoms. The molecular formula is C15H25N2O2. The lowest BCUT2D eigenvalue weighted by atomic mass is 9.97. The Morgan fingerprint density at radius 3 is 2.32 bits per heavy atom. The minimum absolute atomic E-state index is 0.173. The summed E-state index contributed by atoms with van der Waals surface area (Å²) in [7, 11) is 0. The Morgan fingerprint density at radius 2 is 1.84 bits per heavy atom. The van der Waals surface area contributed by atoms with Crippen LogP contribution in [0.3, 0.4) is 0 Å². The molecular weight excluding hydrogens is 240 g/mol. The first-order valence-electron chi connectivity index (χ1n) is 7.01. The lowest BCUT2D eigenvalue weighted by Crippen LogP contribution is -2.40. The van der Waals surface area contributed by atoms with Gasteiger partial charge in [0.05, 0.1) is 6.04 Å². The molecule has 1 unspecified atom stereocenters. The first kappa shape index (κ1) is 15.9. The van der Waals surface area contributed by atoms with Gasteiger partial charge in [-0.1, -0.05) is 26.2 Å². The molecule has 0 aliphatic rings. The number of hydrogen-bond acceptors (Lipinski definition) is 2. The summed E-state index contributed by atoms with van der Waals surface area (Å²) >= 11 is 0. The first-order chi connectivity index (χ1) is 8.86. The number of rotatable bonds is 6. The number of hydrogen-bond donors (Lipinski definition) is 0. The van der Waals surface area contributed by atoms with Crippen LogP contribution in [0.15, 0.2) is 24.5 Å². The third kappa shape index (κ3) is 4.80. The monoisotopic (exact) mass is 265 g/mol. The van der Waals surface area contributed by atoms with Crippen molar-refractivity contribution >= 4 is 0 Å². The molecule has 0 bridgehead atoms. The minimum atomic E-state index is -0.430. The van der Waals surface area contributed by atoms with Crippen LogP contribution >= 0.6 is 0 Å². The molecule has 1 aromatic heterocycles. The smallest absolute Gasteiger partial charge is 0.180 e. The molecule has 0 fully saturated rings. The van der Waals surface area contributed by atoms with Gasteiger partial charge in [-0.2, -0.15) is 4.73 Å². The minimum Gasteiger partial charge on any atom is -0.619 e. The summed E-state index contributed by atoms with van der Waals surface area (Å²) in [6, 6.07) is 3.33. The number of hydroxylamine groups is 2. The molecule has 1 aromatic rings. The van der Waals surface area contributed by atoms with Crippen molar-refractivity contribution in [1.29, 1.82) is 0 Å². The van der Waals surface area contributed by atoms with Gasteiger partial charge < -0.3 is 5.21 Å². The second kappa shape index (κ2) is 6.87. The standard InChI is InChI=1S/C15H25N2O2/c1-5-6-7-8-14(17(19)15(2,3)4)13-9-11-16(18)12-10-13/h9-12,14H,5-8H2,1-4H3. The molecule has 1 heterocycles. The Labute approximate surface area is 116 Å². The molecule has 1 rings (SSSR count). The molecule has 0 aliphatic carbocycles. The second-order valence-corrected chi connectivity index (χ2v) is 6.00. The van der Waals surface area contributed by atoms with E-state index in [2.05, 4.69) is 6.92 Å². The van der Waals surface area contributed by atoms with E-state index in [0.29, 0.717) is 0 Å². The lowest BCUT2D eigenvalue weighted by molar-refractivity contribution is -0.605. The van der Waals surface area contributed by atoms with Gasteiger partial charge in [-0.15, -0.1) is 10.3 Å². The van der Waals surface area contributed by atoms with E-state index in [-0.39, 0.29) is 6.04 Å². The van der Waals surface area contributed by atoms with E-state index < -0.39 is 5.54 Å². The van der Waals surface area contributed by atoms with Gasteiger partial charge in [0.15, 0.2) is 12.4 Å². The van der Waals surface area contributed by atoms with Crippen LogP contribution in [0, 0.1) is 5.21 Å². The molecule has 19 heavy (non-hydrogen) atoms. The SMILES string of the molecule is CCCCCC(c1cc[n+]([O-])cc1)N([O])C(C)(C)C. The maximum absolute atomic E-state index is 12.5. The van der Waals surface area contributed by atoms with Crippen LogP contribution in [-0.2, 0) is 5.21 Å². The van der Waals surface area contributed by atoms with Crippen molar-refractivity contribution in [2.24, 2.45) is 0 Å². The average molecular weight is 265 g/mol. The van der Waals surface area contributed by atoms with Crippen molar-refractivity contribution in [3.63, 3.8) is 0 Å². The summed E-state index contributed by atoms with van der Waals surface area (Å²) in [5.41, 5.74) is 0.494. The Bertz CT molecular complexity index is 371. The Hall–Kier alpha value is -1.13. The van der Waals surface area contributed by atoms with Gasteiger partial charge in [0, 0.05) is 17.7 Å². The van der Waals surface area contributed by atoms with Crippen molar-refractivity contribution < 1.29 is 9.94 Å². The molecule has 0 aromatic carbocycles. The van der Waals surface area contributed by atoms with Gasteiger partial charge in [-0.05, 0) is 32.8 Å². The van der Waals surface area contributed by atoms with Crippen LogP contribution in [0.4, 0.5) is 0 Å². The molecule has 1 atom stereocenters. The number of aromatic nitrogens is 1. The molecule has 0 aliphatic heterocycles. The summed E-state index contributed by atoms with van der Waals surface area (Å²) in [4.78, 5) is 0. The Kier molecular flexibility index (Phi) is 5.76. The maximum Gasteiger partial charge on any atom is 0.180 e. The highest BCUT2D eigenvalue weighted by Gasteiger charge is 2.30. The van der Waals surface area contributed by atoms with E-state index in [1.807, 2.05) is 20.8 Å². The predicted molar refractivity (Wildman–Crippen MR) is 74.6 cm³/mol. The summed E-state index contributed by atoms with van der Waals surface area (Å²) in [6.07, 6.45) is 7.04. The van der Waals surface area contributed by atoms with Gasteiger partial charge in [-0.3, -0.25) is 0 Å². The highest BCUT2D eigenvalue weighted by molar-refractivity contribution is 5.13. The highest BCUT2D eigenvalue weighted by Crippen LogP contribution is 2.30. The zero-order valence-electron chi connectivity index (χ0n) is 12.4. The second-order valence-electron chi connectivity index (χ2n) is 6.00. The van der Waals surface area contributed by atoms with Crippen molar-refractivity contribution in [2.75, 3.05) is 0 Å². The van der Waals surface area contributed by atoms with Crippen LogP contribution in [0.5, 0.6) is 0 Å². The van der Waals surface area contributed by atoms with E-state index in [1.54, 1.807) is 12.1 Å². The van der Waals surface area contributed by atoms with Crippen LogP contribution in [0.2, 0.25) is 0 Å². The van der Waals surface area contributed by atoms with Gasteiger partial charge in [0.25, 0.3) is 0 Å². The van der Waals surface area contributed by atoms with Gasteiger partial charge in [0.1, 0.15) is 0 Å². The van der Waals surface area contributed by atoms with Gasteiger partial charge in [-0.25, -0.2) is 0 Å². The quantitative estimate of drug-likeness (QED) is 0.342. The molecule has 107 valence electrons. The van der Waals surface area contributed by atoms with Crippen molar-refractivity contribution in [1.82, 2.24) is 5.06 Å². The topological polar surface area (TPSA) is 50.1 Å². The Morgan fingerprint density at radius 1 is 1.26 bits per heavy atom. The zero-order chi connectivity index (χ0) is 14.5. The van der Waals surface area contributed by atoms with Crippen molar-refractivity contribution in [2.45, 2.75) is 65.0 Å². The fraction of sp³-hybridized carbons (Fsp3) is 0.667. The Balaban J connectivity index is 2.88. The average Bonchev–Trinajstić information content (AvgIpc) is 2.34. The third-order valence-electron chi connectivity index (χ3n) is 3.24. The fourth-order valence-corrected chi connectivity index (χ4v) is 2.12. The normalized spacial score (nSPS) is 13.8. The largest absolute Gasteiger partial charge is 0.619 e. The predicted octanol–water partition coefficient (Wildman–Crippen LogP) is 3.39. The highest BCUT2D eigenvalue weighted by atomic mass is 16.5. The summed E-state index contributed by atoms with van der Waals surface area (Å²) in [5.74, 6) is 0. The van der Waals surface area contributed by atoms with Crippen LogP contribution in [0.1, 0.15) is 65.0 Å². The van der Waals surface area contributed by atoms with E-state index in [4.69, 9.17) is 0 Å². The molecule has 0 saturated heterocycles. The number of unbranched alkanes of at least 4 members (excludes halogenated alkanes) is 2. The van der Waals surface area contributed by atoms with Crippen LogP contribution < -0.4 is 4.73 Å². The van der Waals surface area contributed by atoms with Gasteiger partial charge >= 0.3 is 0 Å². The molecule has 0 spiro atoms. The molecule has 1 radical (unpaired) electrons. The molecule has 4 nitrogen and oxygen atoms in total. The maximum atomic E-state index is 12.5. The van der Waals surface area contributed by atoms with E-state index in [9.17, 15) is 10.4 Å². The van der Waals surface area contributed by atoms with E-state index in [1.165, 1.54) is 12.4 Å². The summed E-state index contributed by atoms with van der Waals surface area (Å²) < 4.78 is 0.749. The zero-order valence-corrected chi connectivity index (χ0v) is 12.4. The number of pyridine rings is 1. The fourth-order valence-electron chi connectivity index (χ4n) is 2.12. The summed E-state index contributed by atoms with van der Waals surface area (Å²) in [6.45, 7) is 7.91. The molecule has 0 N–H and O–H groups in total. The number of nitrogens with zero attached hydrogens (tertiary/aromatic N) is 2.